The van der Waals surface area contributed by atoms with E-state index in [2.05, 4.69) is 15.9 Å². The zero-order valence-electron chi connectivity index (χ0n) is 7.25. The monoisotopic (exact) mass is 246 g/mol. The number of benzene rings is 1. The van der Waals surface area contributed by atoms with Crippen LogP contribution in [0.3, 0.4) is 0 Å². The Morgan fingerprint density at radius 1 is 1.46 bits per heavy atom. The highest BCUT2D eigenvalue weighted by molar-refractivity contribution is 9.10. The van der Waals surface area contributed by atoms with E-state index in [9.17, 15) is 5.11 Å². The van der Waals surface area contributed by atoms with Gasteiger partial charge in [0, 0.05) is 12.2 Å². The van der Waals surface area contributed by atoms with Gasteiger partial charge in [-0.05, 0) is 34.5 Å². The van der Waals surface area contributed by atoms with Crippen LogP contribution in [0.4, 0.5) is 0 Å². The topological polar surface area (TPSA) is 49.7 Å². The standard InChI is InChI=1S/C9H11BrO3/c1-13-7-4-6(2-3-11)9(12)8(10)5-7/h4-5,11-12H,2-3H2,1H3. The average Bonchev–Trinajstić information content (AvgIpc) is 2.13. The van der Waals surface area contributed by atoms with Crippen LogP contribution in [-0.4, -0.2) is 23.9 Å². The summed E-state index contributed by atoms with van der Waals surface area (Å²) >= 11 is 3.20. The first-order valence-electron chi connectivity index (χ1n) is 3.85. The Labute approximate surface area is 85.1 Å². The van der Waals surface area contributed by atoms with E-state index >= 15 is 0 Å². The van der Waals surface area contributed by atoms with Gasteiger partial charge in [0.1, 0.15) is 11.5 Å². The van der Waals surface area contributed by atoms with Crippen molar-refractivity contribution in [1.29, 1.82) is 0 Å². The number of ether oxygens (including phenoxy) is 1. The Morgan fingerprint density at radius 3 is 2.69 bits per heavy atom. The molecule has 0 fully saturated rings. The minimum Gasteiger partial charge on any atom is -0.506 e. The average molecular weight is 247 g/mol. The molecule has 0 atom stereocenters. The van der Waals surface area contributed by atoms with Crippen LogP contribution in [0.15, 0.2) is 16.6 Å². The largest absolute Gasteiger partial charge is 0.506 e. The Balaban J connectivity index is 3.09. The fourth-order valence-corrected chi connectivity index (χ4v) is 1.54. The molecule has 0 heterocycles. The fourth-order valence-electron chi connectivity index (χ4n) is 1.06. The molecule has 0 spiro atoms. The summed E-state index contributed by atoms with van der Waals surface area (Å²) in [5.41, 5.74) is 0.675. The van der Waals surface area contributed by atoms with Crippen molar-refractivity contribution in [2.24, 2.45) is 0 Å². The lowest BCUT2D eigenvalue weighted by Gasteiger charge is -2.07. The molecule has 1 aromatic rings. The van der Waals surface area contributed by atoms with Crippen molar-refractivity contribution in [3.63, 3.8) is 0 Å². The summed E-state index contributed by atoms with van der Waals surface area (Å²) in [7, 11) is 1.56. The Morgan fingerprint density at radius 2 is 2.15 bits per heavy atom. The van der Waals surface area contributed by atoms with Gasteiger partial charge in [-0.15, -0.1) is 0 Å². The van der Waals surface area contributed by atoms with Gasteiger partial charge >= 0.3 is 0 Å². The number of halogens is 1. The van der Waals surface area contributed by atoms with Crippen LogP contribution in [0.5, 0.6) is 11.5 Å². The number of aliphatic hydroxyl groups is 1. The Kier molecular flexibility index (Phi) is 3.57. The minimum absolute atomic E-state index is 0.00711. The number of hydrogen-bond donors (Lipinski definition) is 2. The van der Waals surface area contributed by atoms with Gasteiger partial charge in [-0.1, -0.05) is 0 Å². The minimum atomic E-state index is 0.00711. The Bertz CT molecular complexity index is 299. The fraction of sp³-hybridized carbons (Fsp3) is 0.333. The number of phenolic OH excluding ortho intramolecular Hbond substituents is 1. The molecule has 0 bridgehead atoms. The zero-order chi connectivity index (χ0) is 9.84. The van der Waals surface area contributed by atoms with Gasteiger partial charge in [0.15, 0.2) is 0 Å². The quantitative estimate of drug-likeness (QED) is 0.854. The van der Waals surface area contributed by atoms with E-state index in [1.165, 1.54) is 0 Å². The number of rotatable bonds is 3. The second-order valence-electron chi connectivity index (χ2n) is 2.59. The lowest BCUT2D eigenvalue weighted by molar-refractivity contribution is 0.297. The number of phenols is 1. The zero-order valence-corrected chi connectivity index (χ0v) is 8.84. The molecule has 0 amide bonds. The predicted molar refractivity (Wildman–Crippen MR) is 53.1 cm³/mol. The van der Waals surface area contributed by atoms with Gasteiger partial charge < -0.3 is 14.9 Å². The lowest BCUT2D eigenvalue weighted by atomic mass is 10.1. The maximum atomic E-state index is 9.54. The first kappa shape index (κ1) is 10.3. The van der Waals surface area contributed by atoms with Crippen molar-refractivity contribution in [3.8, 4) is 11.5 Å². The van der Waals surface area contributed by atoms with Crippen LogP contribution < -0.4 is 4.74 Å². The first-order valence-corrected chi connectivity index (χ1v) is 4.64. The second-order valence-corrected chi connectivity index (χ2v) is 3.44. The molecule has 0 aliphatic heterocycles. The molecule has 0 unspecified atom stereocenters. The smallest absolute Gasteiger partial charge is 0.133 e. The molecule has 0 aromatic heterocycles. The van der Waals surface area contributed by atoms with E-state index in [-0.39, 0.29) is 12.4 Å². The third kappa shape index (κ3) is 2.35. The Hall–Kier alpha value is -0.740. The summed E-state index contributed by atoms with van der Waals surface area (Å²) in [6, 6.07) is 3.38. The van der Waals surface area contributed by atoms with Crippen LogP contribution in [-0.2, 0) is 6.42 Å². The van der Waals surface area contributed by atoms with Gasteiger partial charge in [-0.3, -0.25) is 0 Å². The van der Waals surface area contributed by atoms with Crippen molar-refractivity contribution in [2.75, 3.05) is 13.7 Å². The van der Waals surface area contributed by atoms with E-state index < -0.39 is 0 Å². The highest BCUT2D eigenvalue weighted by atomic mass is 79.9. The van der Waals surface area contributed by atoms with Crippen LogP contribution in [0, 0.1) is 0 Å². The van der Waals surface area contributed by atoms with E-state index in [1.807, 2.05) is 0 Å². The third-order valence-electron chi connectivity index (χ3n) is 1.73. The molecule has 4 heteroatoms. The van der Waals surface area contributed by atoms with Gasteiger partial charge in [0.05, 0.1) is 11.6 Å². The molecule has 0 aliphatic carbocycles. The van der Waals surface area contributed by atoms with E-state index in [0.29, 0.717) is 22.2 Å². The van der Waals surface area contributed by atoms with Gasteiger partial charge in [0.25, 0.3) is 0 Å². The second kappa shape index (κ2) is 4.48. The molecule has 3 nitrogen and oxygen atoms in total. The molecule has 0 radical (unpaired) electrons. The molecule has 1 aromatic carbocycles. The highest BCUT2D eigenvalue weighted by Crippen LogP contribution is 2.32. The number of hydrogen-bond acceptors (Lipinski definition) is 3. The summed E-state index contributed by atoms with van der Waals surface area (Å²) in [4.78, 5) is 0. The van der Waals surface area contributed by atoms with E-state index in [1.54, 1.807) is 19.2 Å². The molecule has 0 saturated heterocycles. The molecule has 13 heavy (non-hydrogen) atoms. The normalized spacial score (nSPS) is 10.1. The summed E-state index contributed by atoms with van der Waals surface area (Å²) in [6.45, 7) is 0.00711. The number of aliphatic hydroxyl groups excluding tert-OH is 1. The van der Waals surface area contributed by atoms with E-state index in [4.69, 9.17) is 9.84 Å². The number of methoxy groups -OCH3 is 1. The molecule has 1 rings (SSSR count). The summed E-state index contributed by atoms with van der Waals surface area (Å²) in [5.74, 6) is 0.822. The highest BCUT2D eigenvalue weighted by Gasteiger charge is 2.07. The van der Waals surface area contributed by atoms with Crippen molar-refractivity contribution in [2.45, 2.75) is 6.42 Å². The third-order valence-corrected chi connectivity index (χ3v) is 2.34. The SMILES string of the molecule is COc1cc(Br)c(O)c(CCO)c1. The van der Waals surface area contributed by atoms with Gasteiger partial charge in [-0.25, -0.2) is 0 Å². The predicted octanol–water partition coefficient (Wildman–Crippen LogP) is 1.70. The number of aromatic hydroxyl groups is 1. The maximum Gasteiger partial charge on any atom is 0.133 e. The van der Waals surface area contributed by atoms with Gasteiger partial charge in [0.2, 0.25) is 0 Å². The summed E-state index contributed by atoms with van der Waals surface area (Å²) in [6.07, 6.45) is 0.418. The summed E-state index contributed by atoms with van der Waals surface area (Å²) < 4.78 is 5.59. The molecule has 72 valence electrons. The van der Waals surface area contributed by atoms with Crippen LogP contribution in [0.1, 0.15) is 5.56 Å². The van der Waals surface area contributed by atoms with Gasteiger partial charge in [-0.2, -0.15) is 0 Å². The van der Waals surface area contributed by atoms with Crippen LogP contribution in [0.2, 0.25) is 0 Å². The molecular weight excluding hydrogens is 236 g/mol. The maximum absolute atomic E-state index is 9.54. The van der Waals surface area contributed by atoms with Crippen molar-refractivity contribution < 1.29 is 14.9 Å². The molecular formula is C9H11BrO3. The summed E-state index contributed by atoms with van der Waals surface area (Å²) in [5, 5.41) is 18.3. The van der Waals surface area contributed by atoms with Crippen molar-refractivity contribution >= 4 is 15.9 Å². The lowest BCUT2D eigenvalue weighted by Crippen LogP contribution is -1.93. The van der Waals surface area contributed by atoms with Crippen molar-refractivity contribution in [1.82, 2.24) is 0 Å². The van der Waals surface area contributed by atoms with Crippen LogP contribution >= 0.6 is 15.9 Å². The first-order chi connectivity index (χ1) is 6.19. The van der Waals surface area contributed by atoms with E-state index in [0.717, 1.165) is 0 Å². The van der Waals surface area contributed by atoms with Crippen molar-refractivity contribution in [3.05, 3.63) is 22.2 Å². The molecule has 2 N–H and O–H groups in total. The molecule has 0 saturated carbocycles. The van der Waals surface area contributed by atoms with Crippen LogP contribution in [0.25, 0.3) is 0 Å². The molecule has 0 aliphatic rings.